The van der Waals surface area contributed by atoms with Crippen LogP contribution in [0.5, 0.6) is 0 Å². The quantitative estimate of drug-likeness (QED) is 0.208. The zero-order chi connectivity index (χ0) is 19.0. The topological polar surface area (TPSA) is 24.7 Å². The van der Waals surface area contributed by atoms with Gasteiger partial charge >= 0.3 is 0 Å². The molecule has 2 aromatic carbocycles. The van der Waals surface area contributed by atoms with E-state index in [4.69, 9.17) is 0 Å². The Morgan fingerprint density at radius 2 is 1.07 bits per heavy atom. The van der Waals surface area contributed by atoms with E-state index in [1.165, 1.54) is 42.8 Å². The van der Waals surface area contributed by atoms with E-state index >= 15 is 0 Å². The van der Waals surface area contributed by atoms with E-state index in [-0.39, 0.29) is 0 Å². The summed E-state index contributed by atoms with van der Waals surface area (Å²) in [6, 6.07) is 21.4. The van der Waals surface area contributed by atoms with E-state index in [1.807, 2.05) is 35.1 Å². The number of aliphatic imine (C=N–C) groups is 2. The molecule has 0 unspecified atom stereocenters. The lowest BCUT2D eigenvalue weighted by atomic mass is 10.2. The smallest absolute Gasteiger partial charge is 0.0461 e. The Morgan fingerprint density at radius 1 is 0.607 bits per heavy atom. The van der Waals surface area contributed by atoms with Crippen LogP contribution in [-0.4, -0.2) is 25.5 Å². The molecule has 4 heteroatoms. The van der Waals surface area contributed by atoms with Gasteiger partial charge in [0.25, 0.3) is 0 Å². The van der Waals surface area contributed by atoms with Gasteiger partial charge in [-0.1, -0.05) is 49.2 Å². The maximum Gasteiger partial charge on any atom is 0.0461 e. The lowest BCUT2D eigenvalue weighted by Crippen LogP contribution is -1.87. The Hall–Kier alpha value is -2.30. The minimum atomic E-state index is 0.916. The van der Waals surface area contributed by atoms with Crippen molar-refractivity contribution < 1.29 is 0 Å². The number of hydrogen-bond acceptors (Lipinski definition) is 4. The molecular weight excluding hydrogens is 380 g/mol. The van der Waals surface area contributed by atoms with Crippen LogP contribution >= 0.6 is 22.7 Å². The van der Waals surface area contributed by atoms with Crippen LogP contribution in [-0.2, 0) is 0 Å². The minimum Gasteiger partial charge on any atom is -0.292 e. The molecule has 0 aliphatic carbocycles. The Kier molecular flexibility index (Phi) is 6.64. The van der Waals surface area contributed by atoms with Crippen LogP contribution in [0.25, 0.3) is 20.2 Å². The molecule has 4 aromatic rings. The van der Waals surface area contributed by atoms with Gasteiger partial charge < -0.3 is 0 Å². The second kappa shape index (κ2) is 9.76. The molecule has 28 heavy (non-hydrogen) atoms. The SMILES string of the molecule is C(=NCCCCCCN=Cc1cc2ccccc2s1)c1cc2ccccc2s1. The van der Waals surface area contributed by atoms with Crippen molar-refractivity contribution in [3.63, 3.8) is 0 Å². The number of unbranched alkanes of at least 4 members (excludes halogenated alkanes) is 3. The lowest BCUT2D eigenvalue weighted by Gasteiger charge is -1.96. The van der Waals surface area contributed by atoms with E-state index in [1.54, 1.807) is 0 Å². The van der Waals surface area contributed by atoms with Gasteiger partial charge in [-0.3, -0.25) is 9.98 Å². The first-order valence-electron chi connectivity index (χ1n) is 9.85. The van der Waals surface area contributed by atoms with Crippen LogP contribution < -0.4 is 0 Å². The number of fused-ring (bicyclic) bond motifs is 2. The summed E-state index contributed by atoms with van der Waals surface area (Å²) in [4.78, 5) is 11.7. The molecule has 2 aromatic heterocycles. The van der Waals surface area contributed by atoms with E-state index in [0.717, 1.165) is 25.9 Å². The highest BCUT2D eigenvalue weighted by atomic mass is 32.1. The molecule has 2 heterocycles. The number of benzene rings is 2. The molecule has 0 fully saturated rings. The van der Waals surface area contributed by atoms with Gasteiger partial charge in [0.15, 0.2) is 0 Å². The van der Waals surface area contributed by atoms with E-state index in [0.29, 0.717) is 0 Å². The van der Waals surface area contributed by atoms with Gasteiger partial charge in [-0.05, 0) is 47.9 Å². The molecule has 0 spiro atoms. The second-order valence-corrected chi connectivity index (χ2v) is 9.09. The normalized spacial score (nSPS) is 12.1. The van der Waals surface area contributed by atoms with Crippen molar-refractivity contribution >= 4 is 55.3 Å². The van der Waals surface area contributed by atoms with Crippen molar-refractivity contribution in [3.8, 4) is 0 Å². The molecule has 0 saturated heterocycles. The third-order valence-corrected chi connectivity index (χ3v) is 6.75. The summed E-state index contributed by atoms with van der Waals surface area (Å²) in [5.74, 6) is 0. The fourth-order valence-corrected chi connectivity index (χ4v) is 5.12. The highest BCUT2D eigenvalue weighted by molar-refractivity contribution is 7.20. The van der Waals surface area contributed by atoms with Gasteiger partial charge in [-0.15, -0.1) is 22.7 Å². The molecule has 0 saturated carbocycles. The fourth-order valence-electron chi connectivity index (χ4n) is 3.20. The summed E-state index contributed by atoms with van der Waals surface area (Å²) in [5, 5.41) is 2.62. The third-order valence-electron chi connectivity index (χ3n) is 4.65. The van der Waals surface area contributed by atoms with Gasteiger partial charge in [-0.2, -0.15) is 0 Å². The van der Waals surface area contributed by atoms with Gasteiger partial charge in [0, 0.05) is 44.7 Å². The predicted octanol–water partition coefficient (Wildman–Crippen LogP) is 7.21. The molecular formula is C24H24N2S2. The van der Waals surface area contributed by atoms with Crippen LogP contribution in [0.4, 0.5) is 0 Å². The van der Waals surface area contributed by atoms with Crippen molar-refractivity contribution in [2.24, 2.45) is 9.98 Å². The third kappa shape index (κ3) is 5.15. The van der Waals surface area contributed by atoms with Gasteiger partial charge in [0.1, 0.15) is 0 Å². The van der Waals surface area contributed by atoms with Crippen molar-refractivity contribution in [1.82, 2.24) is 0 Å². The molecule has 0 amide bonds. The first-order chi connectivity index (χ1) is 13.9. The fraction of sp³-hybridized carbons (Fsp3) is 0.250. The molecule has 0 aliphatic rings. The predicted molar refractivity (Wildman–Crippen MR) is 127 cm³/mol. The highest BCUT2D eigenvalue weighted by Crippen LogP contribution is 2.24. The largest absolute Gasteiger partial charge is 0.292 e. The standard InChI is InChI=1S/C24H24N2S2/c1(7-13-25-17-21-15-19-9-3-5-11-23(19)27-21)2-8-14-26-18-22-16-20-10-4-6-12-24(20)28-22/h3-6,9-12,15-18H,1-2,7-8,13-14H2. The van der Waals surface area contributed by atoms with Gasteiger partial charge in [0.05, 0.1) is 0 Å². The molecule has 4 rings (SSSR count). The van der Waals surface area contributed by atoms with Crippen LogP contribution in [0.1, 0.15) is 35.4 Å². The number of nitrogens with zero attached hydrogens (tertiary/aromatic N) is 2. The monoisotopic (exact) mass is 404 g/mol. The first kappa shape index (κ1) is 19.0. The number of hydrogen-bond donors (Lipinski definition) is 0. The van der Waals surface area contributed by atoms with E-state index in [2.05, 4.69) is 70.6 Å². The summed E-state index contributed by atoms with van der Waals surface area (Å²) in [7, 11) is 0. The summed E-state index contributed by atoms with van der Waals surface area (Å²) in [6.45, 7) is 1.83. The summed E-state index contributed by atoms with van der Waals surface area (Å²) < 4.78 is 2.67. The molecule has 0 radical (unpaired) electrons. The first-order valence-corrected chi connectivity index (χ1v) is 11.5. The zero-order valence-corrected chi connectivity index (χ0v) is 17.5. The number of thiophene rings is 2. The van der Waals surface area contributed by atoms with Crippen molar-refractivity contribution in [3.05, 3.63) is 70.4 Å². The summed E-state index contributed by atoms with van der Waals surface area (Å²) in [6.07, 6.45) is 8.81. The average Bonchev–Trinajstić information content (AvgIpc) is 3.32. The Bertz CT molecular complexity index is 934. The maximum absolute atomic E-state index is 4.59. The van der Waals surface area contributed by atoms with E-state index < -0.39 is 0 Å². The molecule has 0 N–H and O–H groups in total. The number of rotatable bonds is 9. The van der Waals surface area contributed by atoms with Crippen LogP contribution in [0, 0.1) is 0 Å². The molecule has 0 aliphatic heterocycles. The highest BCUT2D eigenvalue weighted by Gasteiger charge is 1.99. The second-order valence-electron chi connectivity index (χ2n) is 6.86. The summed E-state index contributed by atoms with van der Waals surface area (Å²) >= 11 is 3.62. The van der Waals surface area contributed by atoms with E-state index in [9.17, 15) is 0 Å². The Morgan fingerprint density at radius 3 is 1.54 bits per heavy atom. The van der Waals surface area contributed by atoms with Crippen LogP contribution in [0.2, 0.25) is 0 Å². The molecule has 0 atom stereocenters. The Labute approximate surface area is 174 Å². The molecule has 0 bridgehead atoms. The van der Waals surface area contributed by atoms with Crippen LogP contribution in [0.15, 0.2) is 70.6 Å². The van der Waals surface area contributed by atoms with Crippen molar-refractivity contribution in [2.45, 2.75) is 25.7 Å². The zero-order valence-electron chi connectivity index (χ0n) is 15.9. The lowest BCUT2D eigenvalue weighted by molar-refractivity contribution is 0.655. The van der Waals surface area contributed by atoms with Crippen molar-refractivity contribution in [2.75, 3.05) is 13.1 Å². The Balaban J connectivity index is 1.10. The maximum atomic E-state index is 4.59. The average molecular weight is 405 g/mol. The van der Waals surface area contributed by atoms with Gasteiger partial charge in [0.2, 0.25) is 0 Å². The minimum absolute atomic E-state index is 0.916. The molecule has 2 nitrogen and oxygen atoms in total. The van der Waals surface area contributed by atoms with Crippen molar-refractivity contribution in [1.29, 1.82) is 0 Å². The van der Waals surface area contributed by atoms with Gasteiger partial charge in [-0.25, -0.2) is 0 Å². The van der Waals surface area contributed by atoms with Crippen LogP contribution in [0.3, 0.4) is 0 Å². The summed E-state index contributed by atoms with van der Waals surface area (Å²) in [5.41, 5.74) is 0. The molecule has 142 valence electrons.